The number of rotatable bonds is 5. The molecule has 148 valence electrons. The summed E-state index contributed by atoms with van der Waals surface area (Å²) in [5.74, 6) is -1.93. The van der Waals surface area contributed by atoms with E-state index in [-0.39, 0.29) is 16.8 Å². The van der Waals surface area contributed by atoms with Crippen LogP contribution < -0.4 is 4.72 Å². The standard InChI is InChI=1S/C18H23FN2O5S/c19-13-3-5-15(6-4-13)27(25,26)20-14-7-11-21(12-8-14)16(22)18(17(23)24)9-1-2-10-18/h3-6,14,20H,1-2,7-12H2,(H,23,24). The van der Waals surface area contributed by atoms with Crippen molar-refractivity contribution in [2.24, 2.45) is 5.41 Å². The van der Waals surface area contributed by atoms with E-state index in [0.717, 1.165) is 25.0 Å². The van der Waals surface area contributed by atoms with Crippen LogP contribution in [0.4, 0.5) is 4.39 Å². The molecule has 1 aromatic rings. The fraction of sp³-hybridized carbons (Fsp3) is 0.556. The molecule has 0 radical (unpaired) electrons. The molecule has 1 saturated carbocycles. The van der Waals surface area contributed by atoms with E-state index in [4.69, 9.17) is 0 Å². The molecular weight excluding hydrogens is 375 g/mol. The lowest BCUT2D eigenvalue weighted by Gasteiger charge is -2.36. The third-order valence-electron chi connectivity index (χ3n) is 5.50. The number of likely N-dealkylation sites (tertiary alicyclic amines) is 1. The molecule has 2 N–H and O–H groups in total. The number of hydrogen-bond donors (Lipinski definition) is 2. The van der Waals surface area contributed by atoms with Gasteiger partial charge < -0.3 is 10.0 Å². The summed E-state index contributed by atoms with van der Waals surface area (Å²) in [5.41, 5.74) is -1.32. The molecule has 1 saturated heterocycles. The van der Waals surface area contributed by atoms with E-state index in [1.165, 1.54) is 12.1 Å². The molecule has 2 fully saturated rings. The lowest BCUT2D eigenvalue weighted by atomic mass is 9.84. The van der Waals surface area contributed by atoms with Crippen LogP contribution in [0.1, 0.15) is 38.5 Å². The Kier molecular flexibility index (Phi) is 5.53. The quantitative estimate of drug-likeness (QED) is 0.736. The van der Waals surface area contributed by atoms with Gasteiger partial charge in [0, 0.05) is 19.1 Å². The summed E-state index contributed by atoms with van der Waals surface area (Å²) in [7, 11) is -3.77. The van der Waals surface area contributed by atoms with Crippen molar-refractivity contribution < 1.29 is 27.5 Å². The maximum absolute atomic E-state index is 13.0. The van der Waals surface area contributed by atoms with E-state index in [0.29, 0.717) is 38.8 Å². The average Bonchev–Trinajstić information content (AvgIpc) is 3.13. The Morgan fingerprint density at radius 3 is 2.19 bits per heavy atom. The van der Waals surface area contributed by atoms with E-state index < -0.39 is 27.2 Å². The summed E-state index contributed by atoms with van der Waals surface area (Å²) in [4.78, 5) is 26.0. The molecule has 1 aromatic carbocycles. The van der Waals surface area contributed by atoms with Crippen LogP contribution >= 0.6 is 0 Å². The first-order chi connectivity index (χ1) is 12.7. The fourth-order valence-electron chi connectivity index (χ4n) is 3.90. The van der Waals surface area contributed by atoms with Gasteiger partial charge in [-0.3, -0.25) is 9.59 Å². The predicted molar refractivity (Wildman–Crippen MR) is 94.9 cm³/mol. The third kappa shape index (κ3) is 3.98. The maximum Gasteiger partial charge on any atom is 0.319 e. The van der Waals surface area contributed by atoms with Gasteiger partial charge in [0.05, 0.1) is 4.90 Å². The molecule has 1 aliphatic heterocycles. The number of benzene rings is 1. The van der Waals surface area contributed by atoms with Crippen molar-refractivity contribution in [3.63, 3.8) is 0 Å². The zero-order chi connectivity index (χ0) is 19.7. The number of aliphatic carboxylic acids is 1. The topological polar surface area (TPSA) is 104 Å². The summed E-state index contributed by atoms with van der Waals surface area (Å²) < 4.78 is 40.3. The molecule has 0 unspecified atom stereocenters. The minimum absolute atomic E-state index is 0.0156. The number of nitrogens with one attached hydrogen (secondary N) is 1. The molecule has 1 aliphatic carbocycles. The van der Waals surface area contributed by atoms with Crippen LogP contribution in [0.25, 0.3) is 0 Å². The van der Waals surface area contributed by atoms with Gasteiger partial charge in [-0.05, 0) is 49.9 Å². The number of halogens is 1. The second-order valence-corrected chi connectivity index (χ2v) is 8.95. The van der Waals surface area contributed by atoms with E-state index in [9.17, 15) is 27.5 Å². The highest BCUT2D eigenvalue weighted by molar-refractivity contribution is 7.89. The lowest BCUT2D eigenvalue weighted by Crippen LogP contribution is -2.52. The van der Waals surface area contributed by atoms with Gasteiger partial charge in [0.25, 0.3) is 0 Å². The van der Waals surface area contributed by atoms with E-state index in [2.05, 4.69) is 4.72 Å². The van der Waals surface area contributed by atoms with Gasteiger partial charge in [0.1, 0.15) is 11.2 Å². The molecule has 9 heteroatoms. The SMILES string of the molecule is O=C(O)C1(C(=O)N2CCC(NS(=O)(=O)c3ccc(F)cc3)CC2)CCCC1. The monoisotopic (exact) mass is 398 g/mol. The highest BCUT2D eigenvalue weighted by Crippen LogP contribution is 2.40. The number of carbonyl (C=O) groups is 2. The lowest BCUT2D eigenvalue weighted by molar-refractivity contribution is -0.161. The first-order valence-electron chi connectivity index (χ1n) is 9.05. The molecule has 1 heterocycles. The molecule has 0 bridgehead atoms. The molecular formula is C18H23FN2O5S. The number of hydrogen-bond acceptors (Lipinski definition) is 4. The Morgan fingerprint density at radius 2 is 1.67 bits per heavy atom. The zero-order valence-electron chi connectivity index (χ0n) is 14.9. The van der Waals surface area contributed by atoms with Gasteiger partial charge in [-0.1, -0.05) is 12.8 Å². The number of sulfonamides is 1. The number of carboxylic acids is 1. The predicted octanol–water partition coefficient (Wildman–Crippen LogP) is 1.74. The van der Waals surface area contributed by atoms with Crippen molar-refractivity contribution in [2.45, 2.75) is 49.5 Å². The minimum atomic E-state index is -3.77. The summed E-state index contributed by atoms with van der Waals surface area (Å²) in [6.45, 7) is 0.620. The average molecular weight is 398 g/mol. The van der Waals surface area contributed by atoms with Gasteiger partial charge in [-0.25, -0.2) is 17.5 Å². The normalized spacial score (nSPS) is 20.6. The molecule has 27 heavy (non-hydrogen) atoms. The summed E-state index contributed by atoms with van der Waals surface area (Å²) in [6, 6.07) is 4.22. The van der Waals surface area contributed by atoms with Crippen molar-refractivity contribution in [1.29, 1.82) is 0 Å². The first kappa shape index (κ1) is 19.8. The van der Waals surface area contributed by atoms with Crippen LogP contribution in [-0.2, 0) is 19.6 Å². The van der Waals surface area contributed by atoms with E-state index >= 15 is 0 Å². The van der Waals surface area contributed by atoms with Gasteiger partial charge in [0.15, 0.2) is 0 Å². The summed E-state index contributed by atoms with van der Waals surface area (Å²) in [6.07, 6.45) is 2.98. The largest absolute Gasteiger partial charge is 0.480 e. The molecule has 0 aromatic heterocycles. The number of carboxylic acid groups (broad SMARTS) is 1. The van der Waals surface area contributed by atoms with E-state index in [1.54, 1.807) is 4.90 Å². The molecule has 0 spiro atoms. The van der Waals surface area contributed by atoms with Gasteiger partial charge in [-0.2, -0.15) is 0 Å². The minimum Gasteiger partial charge on any atom is -0.480 e. The van der Waals surface area contributed by atoms with Crippen LogP contribution in [0.15, 0.2) is 29.2 Å². The molecule has 0 atom stereocenters. The van der Waals surface area contributed by atoms with Gasteiger partial charge in [0.2, 0.25) is 15.9 Å². The smallest absolute Gasteiger partial charge is 0.319 e. The van der Waals surface area contributed by atoms with Crippen LogP contribution in [0, 0.1) is 11.2 Å². The fourth-order valence-corrected chi connectivity index (χ4v) is 5.21. The number of piperidine rings is 1. The highest BCUT2D eigenvalue weighted by Gasteiger charge is 2.50. The molecule has 3 rings (SSSR count). The molecule has 2 aliphatic rings. The second-order valence-electron chi connectivity index (χ2n) is 7.24. The Morgan fingerprint density at radius 1 is 1.11 bits per heavy atom. The van der Waals surface area contributed by atoms with Gasteiger partial charge in [-0.15, -0.1) is 0 Å². The van der Waals surface area contributed by atoms with Crippen LogP contribution in [0.3, 0.4) is 0 Å². The van der Waals surface area contributed by atoms with Crippen LogP contribution in [0.2, 0.25) is 0 Å². The number of amides is 1. The number of carbonyl (C=O) groups excluding carboxylic acids is 1. The number of nitrogens with zero attached hydrogens (tertiary/aromatic N) is 1. The summed E-state index contributed by atoms with van der Waals surface area (Å²) in [5, 5.41) is 9.55. The van der Waals surface area contributed by atoms with Crippen LogP contribution in [0.5, 0.6) is 0 Å². The molecule has 7 nitrogen and oxygen atoms in total. The van der Waals surface area contributed by atoms with Crippen molar-refractivity contribution in [1.82, 2.24) is 9.62 Å². The van der Waals surface area contributed by atoms with Gasteiger partial charge >= 0.3 is 5.97 Å². The third-order valence-corrected chi connectivity index (χ3v) is 7.04. The Labute approximate surface area is 157 Å². The molecule has 1 amide bonds. The van der Waals surface area contributed by atoms with Crippen molar-refractivity contribution >= 4 is 21.9 Å². The maximum atomic E-state index is 13.0. The van der Waals surface area contributed by atoms with Crippen molar-refractivity contribution in [3.05, 3.63) is 30.1 Å². The zero-order valence-corrected chi connectivity index (χ0v) is 15.7. The van der Waals surface area contributed by atoms with Crippen molar-refractivity contribution in [2.75, 3.05) is 13.1 Å². The van der Waals surface area contributed by atoms with E-state index in [1.807, 2.05) is 0 Å². The Balaban J connectivity index is 1.61. The Hall–Kier alpha value is -2.00. The Bertz CT molecular complexity index is 811. The first-order valence-corrected chi connectivity index (χ1v) is 10.5. The highest BCUT2D eigenvalue weighted by atomic mass is 32.2. The second kappa shape index (κ2) is 7.55. The van der Waals surface area contributed by atoms with Crippen molar-refractivity contribution in [3.8, 4) is 0 Å². The summed E-state index contributed by atoms with van der Waals surface area (Å²) >= 11 is 0. The van der Waals surface area contributed by atoms with Crippen LogP contribution in [-0.4, -0.2) is 49.4 Å².